The standard InChI is InChI=1S/C28H35N5O2/c1-3-13-32(14-4-2)28(35)22-16-20-10-11-21(17-25(20)31-26(29)18-22)27(34)30-23-12-15-33(19-23)24-8-6-5-7-9-24/h5-11,16-17,23H,3-4,12-15,18-19H2,1-2H3,(H2,29,31)(H,30,34). The smallest absolute Gasteiger partial charge is 0.251 e. The van der Waals surface area contributed by atoms with E-state index >= 15 is 0 Å². The molecule has 2 amide bonds. The van der Waals surface area contributed by atoms with E-state index in [9.17, 15) is 9.59 Å². The molecule has 2 aromatic rings. The van der Waals surface area contributed by atoms with Gasteiger partial charge in [0.15, 0.2) is 0 Å². The molecule has 7 nitrogen and oxygen atoms in total. The summed E-state index contributed by atoms with van der Waals surface area (Å²) in [6, 6.07) is 15.8. The predicted molar refractivity (Wildman–Crippen MR) is 142 cm³/mol. The van der Waals surface area contributed by atoms with Gasteiger partial charge in [0.2, 0.25) is 5.91 Å². The maximum absolute atomic E-state index is 13.2. The molecule has 4 rings (SSSR count). The molecule has 0 radical (unpaired) electrons. The number of carbonyl (C=O) groups is 2. The van der Waals surface area contributed by atoms with Crippen molar-refractivity contribution in [2.75, 3.05) is 31.1 Å². The summed E-state index contributed by atoms with van der Waals surface area (Å²) >= 11 is 0. The summed E-state index contributed by atoms with van der Waals surface area (Å²) in [7, 11) is 0. The minimum atomic E-state index is -0.122. The third-order valence-corrected chi connectivity index (χ3v) is 6.45. The summed E-state index contributed by atoms with van der Waals surface area (Å²) in [5.74, 6) is 0.261. The topological polar surface area (TPSA) is 91.0 Å². The predicted octanol–water partition coefficient (Wildman–Crippen LogP) is 4.12. The Labute approximate surface area is 207 Å². The van der Waals surface area contributed by atoms with Gasteiger partial charge in [-0.1, -0.05) is 38.1 Å². The average Bonchev–Trinajstić information content (AvgIpc) is 3.25. The highest BCUT2D eigenvalue weighted by atomic mass is 16.2. The highest BCUT2D eigenvalue weighted by Gasteiger charge is 2.25. The summed E-state index contributed by atoms with van der Waals surface area (Å²) in [5.41, 5.74) is 9.96. The molecule has 2 aliphatic rings. The number of rotatable bonds is 8. The molecule has 0 aliphatic carbocycles. The van der Waals surface area contributed by atoms with Crippen molar-refractivity contribution in [3.05, 3.63) is 65.2 Å². The Kier molecular flexibility index (Phi) is 7.85. The number of benzene rings is 2. The summed E-state index contributed by atoms with van der Waals surface area (Å²) in [5, 5.41) is 3.16. The third kappa shape index (κ3) is 5.91. The van der Waals surface area contributed by atoms with Gasteiger partial charge in [-0.25, -0.2) is 4.99 Å². The minimum Gasteiger partial charge on any atom is -0.387 e. The fourth-order valence-corrected chi connectivity index (χ4v) is 4.75. The highest BCUT2D eigenvalue weighted by molar-refractivity contribution is 6.06. The van der Waals surface area contributed by atoms with Gasteiger partial charge >= 0.3 is 0 Å². The SMILES string of the molecule is CCCN(CCC)C(=O)C1=Cc2ccc(C(=O)NC3CCN(c4ccccc4)C3)cc2N=C(N)C1. The van der Waals surface area contributed by atoms with Crippen LogP contribution in [0.1, 0.15) is 55.5 Å². The van der Waals surface area contributed by atoms with Crippen molar-refractivity contribution in [2.24, 2.45) is 10.7 Å². The fourth-order valence-electron chi connectivity index (χ4n) is 4.75. The zero-order valence-corrected chi connectivity index (χ0v) is 20.7. The molecule has 2 aromatic carbocycles. The van der Waals surface area contributed by atoms with Crippen molar-refractivity contribution < 1.29 is 9.59 Å². The van der Waals surface area contributed by atoms with E-state index in [0.29, 0.717) is 29.1 Å². The molecule has 0 saturated carbocycles. The number of nitrogens with zero attached hydrogens (tertiary/aromatic N) is 3. The van der Waals surface area contributed by atoms with Crippen LogP contribution in [0.25, 0.3) is 6.08 Å². The Hall–Kier alpha value is -3.61. The quantitative estimate of drug-likeness (QED) is 0.603. The maximum Gasteiger partial charge on any atom is 0.251 e. The Morgan fingerprint density at radius 2 is 1.86 bits per heavy atom. The van der Waals surface area contributed by atoms with Gasteiger partial charge in [-0.15, -0.1) is 0 Å². The van der Waals surface area contributed by atoms with Gasteiger partial charge in [0, 0.05) is 61.0 Å². The second-order valence-electron chi connectivity index (χ2n) is 9.26. The first-order valence-corrected chi connectivity index (χ1v) is 12.6. The van der Waals surface area contributed by atoms with Gasteiger partial charge in [0.05, 0.1) is 5.69 Å². The molecule has 0 aromatic heterocycles. The van der Waals surface area contributed by atoms with E-state index < -0.39 is 0 Å². The van der Waals surface area contributed by atoms with Crippen LogP contribution in [-0.2, 0) is 4.79 Å². The van der Waals surface area contributed by atoms with Crippen molar-refractivity contribution >= 4 is 35.1 Å². The van der Waals surface area contributed by atoms with Crippen LogP contribution in [0.3, 0.4) is 0 Å². The highest BCUT2D eigenvalue weighted by Crippen LogP contribution is 2.29. The monoisotopic (exact) mass is 473 g/mol. The number of fused-ring (bicyclic) bond motifs is 1. The van der Waals surface area contributed by atoms with E-state index in [0.717, 1.165) is 51.0 Å². The molecule has 2 aliphatic heterocycles. The molecule has 184 valence electrons. The molecule has 35 heavy (non-hydrogen) atoms. The van der Waals surface area contributed by atoms with E-state index in [1.807, 2.05) is 35.2 Å². The van der Waals surface area contributed by atoms with Crippen LogP contribution in [0.5, 0.6) is 0 Å². The number of aliphatic imine (C=N–C) groups is 1. The Balaban J connectivity index is 1.48. The summed E-state index contributed by atoms with van der Waals surface area (Å²) in [6.45, 7) is 7.27. The second kappa shape index (κ2) is 11.2. The van der Waals surface area contributed by atoms with E-state index in [1.54, 1.807) is 12.1 Å². The molecule has 0 bridgehead atoms. The molecule has 1 unspecified atom stereocenters. The molecule has 7 heteroatoms. The van der Waals surface area contributed by atoms with Gasteiger partial charge in [-0.2, -0.15) is 0 Å². The van der Waals surface area contributed by atoms with Gasteiger partial charge < -0.3 is 20.9 Å². The maximum atomic E-state index is 13.2. The molecule has 1 atom stereocenters. The second-order valence-corrected chi connectivity index (χ2v) is 9.26. The number of hydrogen-bond donors (Lipinski definition) is 2. The van der Waals surface area contributed by atoms with Crippen molar-refractivity contribution in [3.8, 4) is 0 Å². The number of amidine groups is 1. The van der Waals surface area contributed by atoms with Gasteiger partial charge in [0.25, 0.3) is 5.91 Å². The minimum absolute atomic E-state index is 0.00530. The number of anilines is 1. The molecule has 0 spiro atoms. The van der Waals surface area contributed by atoms with E-state index in [2.05, 4.69) is 41.2 Å². The van der Waals surface area contributed by atoms with E-state index in [4.69, 9.17) is 5.73 Å². The van der Waals surface area contributed by atoms with Crippen LogP contribution < -0.4 is 16.0 Å². The lowest BCUT2D eigenvalue weighted by Gasteiger charge is -2.22. The zero-order chi connectivity index (χ0) is 24.8. The summed E-state index contributed by atoms with van der Waals surface area (Å²) in [4.78, 5) is 34.9. The van der Waals surface area contributed by atoms with Crippen molar-refractivity contribution in [1.29, 1.82) is 0 Å². The summed E-state index contributed by atoms with van der Waals surface area (Å²) in [6.07, 6.45) is 4.88. The number of nitrogens with two attached hydrogens (primary N) is 1. The number of para-hydroxylation sites is 1. The lowest BCUT2D eigenvalue weighted by Crippen LogP contribution is -2.37. The Bertz CT molecular complexity index is 1120. The van der Waals surface area contributed by atoms with Crippen LogP contribution in [0.15, 0.2) is 59.1 Å². The summed E-state index contributed by atoms with van der Waals surface area (Å²) < 4.78 is 0. The molecule has 1 fully saturated rings. The van der Waals surface area contributed by atoms with Gasteiger partial charge in [0.1, 0.15) is 5.84 Å². The Morgan fingerprint density at radius 1 is 1.11 bits per heavy atom. The first-order chi connectivity index (χ1) is 17.0. The number of nitrogens with one attached hydrogen (secondary N) is 1. The first kappa shape index (κ1) is 24.5. The van der Waals surface area contributed by atoms with E-state index in [-0.39, 0.29) is 17.9 Å². The van der Waals surface area contributed by atoms with Crippen LogP contribution in [0, 0.1) is 0 Å². The van der Waals surface area contributed by atoms with Gasteiger partial charge in [-0.3, -0.25) is 9.59 Å². The molecule has 2 heterocycles. The molecular formula is C28H35N5O2. The molecule has 3 N–H and O–H groups in total. The molecular weight excluding hydrogens is 438 g/mol. The third-order valence-electron chi connectivity index (χ3n) is 6.45. The average molecular weight is 474 g/mol. The normalized spacial score (nSPS) is 17.2. The van der Waals surface area contributed by atoms with Crippen LogP contribution in [0.4, 0.5) is 11.4 Å². The van der Waals surface area contributed by atoms with Crippen LogP contribution in [-0.4, -0.2) is 54.8 Å². The first-order valence-electron chi connectivity index (χ1n) is 12.6. The lowest BCUT2D eigenvalue weighted by molar-refractivity contribution is -0.127. The lowest BCUT2D eigenvalue weighted by atomic mass is 10.0. The van der Waals surface area contributed by atoms with Crippen molar-refractivity contribution in [2.45, 2.75) is 45.6 Å². The van der Waals surface area contributed by atoms with Crippen LogP contribution >= 0.6 is 0 Å². The largest absolute Gasteiger partial charge is 0.387 e. The number of carbonyl (C=O) groups excluding carboxylic acids is 2. The van der Waals surface area contributed by atoms with Crippen molar-refractivity contribution in [3.63, 3.8) is 0 Å². The van der Waals surface area contributed by atoms with Crippen LogP contribution in [0.2, 0.25) is 0 Å². The van der Waals surface area contributed by atoms with Gasteiger partial charge in [-0.05, 0) is 49.6 Å². The van der Waals surface area contributed by atoms with E-state index in [1.165, 1.54) is 5.69 Å². The zero-order valence-electron chi connectivity index (χ0n) is 20.7. The molecule has 1 saturated heterocycles. The van der Waals surface area contributed by atoms with Crippen molar-refractivity contribution in [1.82, 2.24) is 10.2 Å². The number of amides is 2. The fraction of sp³-hybridized carbons (Fsp3) is 0.393. The number of hydrogen-bond acceptors (Lipinski definition) is 5. The Morgan fingerprint density at radius 3 is 2.57 bits per heavy atom.